The molecule has 2 aromatic carbocycles. The van der Waals surface area contributed by atoms with Crippen molar-refractivity contribution in [2.45, 2.75) is 0 Å². The van der Waals surface area contributed by atoms with Gasteiger partial charge in [-0.25, -0.2) is 4.39 Å². The fourth-order valence-corrected chi connectivity index (χ4v) is 1.54. The van der Waals surface area contributed by atoms with E-state index in [4.69, 9.17) is 0 Å². The summed E-state index contributed by atoms with van der Waals surface area (Å²) < 4.78 is 12.3. The van der Waals surface area contributed by atoms with E-state index < -0.39 is 12.5 Å². The van der Waals surface area contributed by atoms with Crippen molar-refractivity contribution in [2.24, 2.45) is 0 Å². The van der Waals surface area contributed by atoms with Gasteiger partial charge in [0.15, 0.2) is 12.5 Å². The summed E-state index contributed by atoms with van der Waals surface area (Å²) in [5.41, 5.74) is 0.464. The van der Waals surface area contributed by atoms with Gasteiger partial charge in [0, 0.05) is 5.56 Å². The molecule has 0 radical (unpaired) electrons. The normalized spacial score (nSPS) is 10.4. The highest BCUT2D eigenvalue weighted by molar-refractivity contribution is 6.08. The molecule has 0 unspecified atom stereocenters. The highest BCUT2D eigenvalue weighted by atomic mass is 19.1. The maximum Gasteiger partial charge on any atom is 0.194 e. The zero-order chi connectivity index (χ0) is 9.97. The van der Waals surface area contributed by atoms with Crippen molar-refractivity contribution in [3.8, 4) is 0 Å². The molecule has 0 aliphatic rings. The van der Waals surface area contributed by atoms with E-state index in [1.807, 2.05) is 30.3 Å². The number of Topliss-reactive ketones (excluding diaryl/α,β-unsaturated/α-hetero) is 1. The van der Waals surface area contributed by atoms with Crippen LogP contribution in [0.25, 0.3) is 10.8 Å². The monoisotopic (exact) mass is 188 g/mol. The van der Waals surface area contributed by atoms with E-state index in [-0.39, 0.29) is 0 Å². The molecule has 2 aromatic rings. The zero-order valence-corrected chi connectivity index (χ0v) is 7.53. The van der Waals surface area contributed by atoms with Gasteiger partial charge in [-0.2, -0.15) is 0 Å². The van der Waals surface area contributed by atoms with Crippen molar-refractivity contribution < 1.29 is 9.18 Å². The van der Waals surface area contributed by atoms with Crippen LogP contribution in [0, 0.1) is 0 Å². The molecule has 0 atom stereocenters. The Morgan fingerprint density at radius 1 is 1.07 bits per heavy atom. The van der Waals surface area contributed by atoms with Gasteiger partial charge in [0.05, 0.1) is 0 Å². The molecule has 14 heavy (non-hydrogen) atoms. The van der Waals surface area contributed by atoms with Gasteiger partial charge >= 0.3 is 0 Å². The average molecular weight is 188 g/mol. The van der Waals surface area contributed by atoms with Crippen LogP contribution < -0.4 is 0 Å². The Kier molecular flexibility index (Phi) is 2.27. The highest BCUT2D eigenvalue weighted by Crippen LogP contribution is 2.18. The topological polar surface area (TPSA) is 17.1 Å². The number of alkyl halides is 1. The van der Waals surface area contributed by atoms with E-state index in [1.54, 1.807) is 12.1 Å². The molecular formula is C12H9FO. The summed E-state index contributed by atoms with van der Waals surface area (Å²) in [5.74, 6) is -0.457. The third kappa shape index (κ3) is 1.39. The predicted octanol–water partition coefficient (Wildman–Crippen LogP) is 2.99. The van der Waals surface area contributed by atoms with E-state index in [2.05, 4.69) is 0 Å². The molecule has 0 saturated heterocycles. The summed E-state index contributed by atoms with van der Waals surface area (Å²) in [7, 11) is 0. The van der Waals surface area contributed by atoms with E-state index in [1.165, 1.54) is 0 Å². The minimum atomic E-state index is -0.937. The number of carbonyl (C=O) groups excluding carboxylic acids is 1. The number of halogens is 1. The second-order valence-electron chi connectivity index (χ2n) is 3.08. The van der Waals surface area contributed by atoms with Gasteiger partial charge in [0.1, 0.15) is 0 Å². The van der Waals surface area contributed by atoms with Crippen LogP contribution in [-0.2, 0) is 0 Å². The Balaban J connectivity index is 2.71. The fourth-order valence-electron chi connectivity index (χ4n) is 1.54. The number of carbonyl (C=O) groups is 1. The molecule has 0 spiro atoms. The lowest BCUT2D eigenvalue weighted by atomic mass is 10.0. The molecule has 0 heterocycles. The van der Waals surface area contributed by atoms with Gasteiger partial charge < -0.3 is 0 Å². The van der Waals surface area contributed by atoms with Gasteiger partial charge in [-0.1, -0.05) is 42.5 Å². The molecule has 0 aromatic heterocycles. The van der Waals surface area contributed by atoms with Crippen LogP contribution in [0.4, 0.5) is 4.39 Å². The molecule has 0 aliphatic carbocycles. The van der Waals surface area contributed by atoms with Gasteiger partial charge in [0.25, 0.3) is 0 Å². The van der Waals surface area contributed by atoms with Gasteiger partial charge in [-0.05, 0) is 10.8 Å². The molecule has 70 valence electrons. The Hall–Kier alpha value is -1.70. The van der Waals surface area contributed by atoms with Crippen LogP contribution in [0.2, 0.25) is 0 Å². The second-order valence-corrected chi connectivity index (χ2v) is 3.08. The average Bonchev–Trinajstić information content (AvgIpc) is 2.27. The molecule has 2 heteroatoms. The van der Waals surface area contributed by atoms with Crippen molar-refractivity contribution in [1.29, 1.82) is 0 Å². The van der Waals surface area contributed by atoms with Crippen LogP contribution in [0.3, 0.4) is 0 Å². The first-order valence-corrected chi connectivity index (χ1v) is 4.40. The number of hydrogen-bond acceptors (Lipinski definition) is 1. The van der Waals surface area contributed by atoms with Crippen molar-refractivity contribution in [3.05, 3.63) is 48.0 Å². The summed E-state index contributed by atoms with van der Waals surface area (Å²) in [6.07, 6.45) is 0. The molecule has 0 aliphatic heterocycles. The van der Waals surface area contributed by atoms with Gasteiger partial charge in [-0.3, -0.25) is 4.79 Å². The van der Waals surface area contributed by atoms with Gasteiger partial charge in [0.2, 0.25) is 0 Å². The highest BCUT2D eigenvalue weighted by Gasteiger charge is 2.07. The predicted molar refractivity (Wildman–Crippen MR) is 54.3 cm³/mol. The fraction of sp³-hybridized carbons (Fsp3) is 0.0833. The summed E-state index contributed by atoms with van der Waals surface area (Å²) in [4.78, 5) is 11.3. The molecule has 0 amide bonds. The number of rotatable bonds is 2. The lowest BCUT2D eigenvalue weighted by Gasteiger charge is -2.02. The van der Waals surface area contributed by atoms with Crippen molar-refractivity contribution in [2.75, 3.05) is 6.67 Å². The SMILES string of the molecule is O=C(CF)c1cccc2ccccc12. The van der Waals surface area contributed by atoms with Crippen molar-refractivity contribution in [3.63, 3.8) is 0 Å². The second kappa shape index (κ2) is 3.58. The van der Waals surface area contributed by atoms with Crippen LogP contribution in [0.15, 0.2) is 42.5 Å². The summed E-state index contributed by atoms with van der Waals surface area (Å²) >= 11 is 0. The molecule has 0 fully saturated rings. The van der Waals surface area contributed by atoms with Gasteiger partial charge in [-0.15, -0.1) is 0 Å². The van der Waals surface area contributed by atoms with Crippen LogP contribution in [0.1, 0.15) is 10.4 Å². The number of hydrogen-bond donors (Lipinski definition) is 0. The molecule has 2 rings (SSSR count). The third-order valence-corrected chi connectivity index (χ3v) is 2.21. The zero-order valence-electron chi connectivity index (χ0n) is 7.53. The smallest absolute Gasteiger partial charge is 0.194 e. The Morgan fingerprint density at radius 2 is 1.79 bits per heavy atom. The minimum Gasteiger partial charge on any atom is -0.291 e. The molecular weight excluding hydrogens is 179 g/mol. The van der Waals surface area contributed by atoms with Crippen molar-refractivity contribution >= 4 is 16.6 Å². The molecule has 0 saturated carbocycles. The Labute approximate surface area is 81.2 Å². The first-order valence-electron chi connectivity index (χ1n) is 4.40. The lowest BCUT2D eigenvalue weighted by molar-refractivity contribution is 0.0960. The van der Waals surface area contributed by atoms with Crippen LogP contribution >= 0.6 is 0 Å². The van der Waals surface area contributed by atoms with E-state index in [0.717, 1.165) is 10.8 Å². The first kappa shape index (κ1) is 8.88. The maximum absolute atomic E-state index is 12.3. The Morgan fingerprint density at radius 3 is 2.57 bits per heavy atom. The summed E-state index contributed by atoms with van der Waals surface area (Å²) in [6.45, 7) is -0.937. The number of benzene rings is 2. The number of ketones is 1. The van der Waals surface area contributed by atoms with Crippen LogP contribution in [-0.4, -0.2) is 12.5 Å². The molecule has 1 nitrogen and oxygen atoms in total. The third-order valence-electron chi connectivity index (χ3n) is 2.21. The minimum absolute atomic E-state index is 0.457. The standard InChI is InChI=1S/C12H9FO/c13-8-12(14)11-7-3-5-9-4-1-2-6-10(9)11/h1-7H,8H2. The summed E-state index contributed by atoms with van der Waals surface area (Å²) in [6, 6.07) is 12.8. The van der Waals surface area contributed by atoms with Crippen molar-refractivity contribution in [1.82, 2.24) is 0 Å². The summed E-state index contributed by atoms with van der Waals surface area (Å²) in [5, 5.41) is 1.78. The number of fused-ring (bicyclic) bond motifs is 1. The van der Waals surface area contributed by atoms with Crippen LogP contribution in [0.5, 0.6) is 0 Å². The quantitative estimate of drug-likeness (QED) is 0.662. The largest absolute Gasteiger partial charge is 0.291 e. The van der Waals surface area contributed by atoms with E-state index in [0.29, 0.717) is 5.56 Å². The van der Waals surface area contributed by atoms with E-state index >= 15 is 0 Å². The molecule has 0 N–H and O–H groups in total. The first-order chi connectivity index (χ1) is 6.83. The molecule has 0 bridgehead atoms. The lowest BCUT2D eigenvalue weighted by Crippen LogP contribution is -2.01. The maximum atomic E-state index is 12.3. The van der Waals surface area contributed by atoms with E-state index in [9.17, 15) is 9.18 Å². The Bertz CT molecular complexity index is 471.